The first-order valence-corrected chi connectivity index (χ1v) is 8.95. The summed E-state index contributed by atoms with van der Waals surface area (Å²) in [5.74, 6) is -0.0181. The van der Waals surface area contributed by atoms with Crippen LogP contribution in [0, 0.1) is 0 Å². The van der Waals surface area contributed by atoms with Crippen LogP contribution in [0.15, 0.2) is 35.6 Å². The number of sulfonamides is 1. The third-order valence-electron chi connectivity index (χ3n) is 4.02. The fraction of sp³-hybridized carbons (Fsp3) is 0.467. The van der Waals surface area contributed by atoms with E-state index in [1.807, 2.05) is 17.8 Å². The summed E-state index contributed by atoms with van der Waals surface area (Å²) in [4.78, 5) is 4.12. The summed E-state index contributed by atoms with van der Waals surface area (Å²) in [6.07, 6.45) is 4.93. The predicted octanol–water partition coefficient (Wildman–Crippen LogP) is 1.23. The third-order valence-corrected chi connectivity index (χ3v) is 5.82. The molecule has 0 aromatic carbocycles. The Morgan fingerprint density at radius 1 is 1.43 bits per heavy atom. The molecule has 0 fully saturated rings. The summed E-state index contributed by atoms with van der Waals surface area (Å²) in [6.45, 7) is 3.88. The van der Waals surface area contributed by atoms with Crippen molar-refractivity contribution < 1.29 is 13.2 Å². The van der Waals surface area contributed by atoms with E-state index < -0.39 is 10.0 Å². The number of rotatable bonds is 5. The van der Waals surface area contributed by atoms with Gasteiger partial charge in [0.25, 0.3) is 0 Å². The van der Waals surface area contributed by atoms with Crippen molar-refractivity contribution in [1.29, 1.82) is 0 Å². The van der Waals surface area contributed by atoms with Gasteiger partial charge in [-0.25, -0.2) is 8.42 Å². The number of fused-ring (bicyclic) bond motifs is 1. The van der Waals surface area contributed by atoms with E-state index in [1.165, 1.54) is 10.5 Å². The summed E-state index contributed by atoms with van der Waals surface area (Å²) >= 11 is 0. The minimum Gasteiger partial charge on any atom is -0.384 e. The zero-order valence-corrected chi connectivity index (χ0v) is 14.0. The number of nitrogens with zero attached hydrogens (tertiary/aromatic N) is 4. The van der Waals surface area contributed by atoms with Gasteiger partial charge < -0.3 is 4.74 Å². The highest BCUT2D eigenvalue weighted by Gasteiger charge is 2.35. The average Bonchev–Trinajstić information content (AvgIpc) is 2.99. The topological polar surface area (TPSA) is 77.3 Å². The molecule has 8 heteroatoms. The minimum atomic E-state index is -3.59. The van der Waals surface area contributed by atoms with Crippen LogP contribution in [0.1, 0.15) is 24.1 Å². The molecule has 1 aliphatic rings. The first kappa shape index (κ1) is 16.1. The first-order chi connectivity index (χ1) is 11.1. The minimum absolute atomic E-state index is 0.0181. The van der Waals surface area contributed by atoms with Crippen LogP contribution in [0.25, 0.3) is 0 Å². The number of hydrogen-bond acceptors (Lipinski definition) is 5. The normalized spacial score (nSPS) is 18.8. The lowest BCUT2D eigenvalue weighted by Gasteiger charge is -2.30. The van der Waals surface area contributed by atoms with Gasteiger partial charge in [-0.05, 0) is 19.1 Å². The van der Waals surface area contributed by atoms with Gasteiger partial charge in [-0.3, -0.25) is 9.67 Å². The van der Waals surface area contributed by atoms with E-state index in [1.54, 1.807) is 25.4 Å². The Bertz CT molecular complexity index is 773. The van der Waals surface area contributed by atoms with Crippen molar-refractivity contribution in [2.45, 2.75) is 30.8 Å². The predicted molar refractivity (Wildman–Crippen MR) is 84.4 cm³/mol. The Morgan fingerprint density at radius 3 is 2.91 bits per heavy atom. The molecule has 0 N–H and O–H groups in total. The van der Waals surface area contributed by atoms with Gasteiger partial charge in [0.1, 0.15) is 4.90 Å². The van der Waals surface area contributed by atoms with Gasteiger partial charge in [0.05, 0.1) is 18.8 Å². The molecule has 0 bridgehead atoms. The van der Waals surface area contributed by atoms with Crippen molar-refractivity contribution in [3.05, 3.63) is 42.0 Å². The van der Waals surface area contributed by atoms with Gasteiger partial charge in [-0.2, -0.15) is 9.40 Å². The van der Waals surface area contributed by atoms with Gasteiger partial charge in [0.15, 0.2) is 0 Å². The second kappa shape index (κ2) is 6.38. The molecule has 0 aliphatic carbocycles. The smallest absolute Gasteiger partial charge is 0.244 e. The maximum atomic E-state index is 12.8. The van der Waals surface area contributed by atoms with Gasteiger partial charge in [-0.15, -0.1) is 0 Å². The van der Waals surface area contributed by atoms with E-state index >= 15 is 0 Å². The van der Waals surface area contributed by atoms with Crippen LogP contribution in [-0.2, 0) is 27.8 Å². The van der Waals surface area contributed by atoms with E-state index in [-0.39, 0.29) is 17.4 Å². The van der Waals surface area contributed by atoms with E-state index in [0.717, 1.165) is 17.8 Å². The molecule has 124 valence electrons. The third kappa shape index (κ3) is 3.01. The number of pyridine rings is 1. The molecule has 7 nitrogen and oxygen atoms in total. The lowest BCUT2D eigenvalue weighted by Crippen LogP contribution is -2.39. The molecule has 1 atom stereocenters. The van der Waals surface area contributed by atoms with Crippen LogP contribution < -0.4 is 0 Å². The fourth-order valence-electron chi connectivity index (χ4n) is 2.85. The van der Waals surface area contributed by atoms with Crippen LogP contribution in [0.5, 0.6) is 0 Å². The molecule has 1 aliphatic heterocycles. The van der Waals surface area contributed by atoms with Crippen LogP contribution in [0.3, 0.4) is 0 Å². The molecular weight excluding hydrogens is 316 g/mol. The SMILES string of the molecule is CCn1cc2c(n1)CN(S(=O)(=O)c1cccnc1)CC2COC. The molecule has 0 saturated carbocycles. The molecule has 0 saturated heterocycles. The summed E-state index contributed by atoms with van der Waals surface area (Å²) < 4.78 is 34.2. The Labute approximate surface area is 135 Å². The fourth-order valence-corrected chi connectivity index (χ4v) is 4.27. The van der Waals surface area contributed by atoms with Crippen LogP contribution >= 0.6 is 0 Å². The highest BCUT2D eigenvalue weighted by Crippen LogP contribution is 2.31. The second-order valence-electron chi connectivity index (χ2n) is 5.53. The number of aryl methyl sites for hydroxylation is 1. The first-order valence-electron chi connectivity index (χ1n) is 7.51. The van der Waals surface area contributed by atoms with Crippen molar-refractivity contribution in [2.75, 3.05) is 20.3 Å². The molecule has 3 rings (SSSR count). The van der Waals surface area contributed by atoms with Gasteiger partial charge in [-0.1, -0.05) is 0 Å². The monoisotopic (exact) mass is 336 g/mol. The van der Waals surface area contributed by atoms with Crippen LogP contribution in [-0.4, -0.2) is 47.7 Å². The van der Waals surface area contributed by atoms with Gasteiger partial charge in [0, 0.05) is 50.3 Å². The lowest BCUT2D eigenvalue weighted by atomic mass is 9.97. The summed E-state index contributed by atoms with van der Waals surface area (Å²) in [7, 11) is -1.96. The molecule has 2 aromatic rings. The number of ether oxygens (including phenoxy) is 1. The summed E-state index contributed by atoms with van der Waals surface area (Å²) in [5, 5.41) is 4.50. The molecule has 0 radical (unpaired) electrons. The van der Waals surface area contributed by atoms with Crippen molar-refractivity contribution in [3.8, 4) is 0 Å². The Balaban J connectivity index is 1.96. The van der Waals surface area contributed by atoms with Crippen molar-refractivity contribution in [1.82, 2.24) is 19.1 Å². The van der Waals surface area contributed by atoms with Gasteiger partial charge in [0.2, 0.25) is 10.0 Å². The number of hydrogen-bond donors (Lipinski definition) is 0. The Morgan fingerprint density at radius 2 is 2.26 bits per heavy atom. The van der Waals surface area contributed by atoms with Crippen molar-refractivity contribution >= 4 is 10.0 Å². The van der Waals surface area contributed by atoms with E-state index in [2.05, 4.69) is 10.1 Å². The maximum Gasteiger partial charge on any atom is 0.244 e. The molecule has 3 heterocycles. The van der Waals surface area contributed by atoms with Crippen molar-refractivity contribution in [3.63, 3.8) is 0 Å². The van der Waals surface area contributed by atoms with Gasteiger partial charge >= 0.3 is 0 Å². The second-order valence-corrected chi connectivity index (χ2v) is 7.46. The van der Waals surface area contributed by atoms with E-state index in [9.17, 15) is 8.42 Å². The van der Waals surface area contributed by atoms with Crippen LogP contribution in [0.2, 0.25) is 0 Å². The Kier molecular flexibility index (Phi) is 4.47. The average molecular weight is 336 g/mol. The van der Waals surface area contributed by atoms with E-state index in [4.69, 9.17) is 4.74 Å². The lowest BCUT2D eigenvalue weighted by molar-refractivity contribution is 0.162. The maximum absolute atomic E-state index is 12.8. The largest absolute Gasteiger partial charge is 0.384 e. The molecule has 23 heavy (non-hydrogen) atoms. The zero-order chi connectivity index (χ0) is 16.4. The van der Waals surface area contributed by atoms with E-state index in [0.29, 0.717) is 13.2 Å². The highest BCUT2D eigenvalue weighted by atomic mass is 32.2. The quantitative estimate of drug-likeness (QED) is 0.821. The number of aromatic nitrogens is 3. The molecular formula is C15H20N4O3S. The zero-order valence-electron chi connectivity index (χ0n) is 13.2. The summed E-state index contributed by atoms with van der Waals surface area (Å²) in [6, 6.07) is 3.19. The molecule has 0 amide bonds. The number of methoxy groups -OCH3 is 1. The molecule has 2 aromatic heterocycles. The molecule has 1 unspecified atom stereocenters. The summed E-state index contributed by atoms with van der Waals surface area (Å²) in [5.41, 5.74) is 1.87. The molecule has 0 spiro atoms. The van der Waals surface area contributed by atoms with Crippen molar-refractivity contribution in [2.24, 2.45) is 0 Å². The Hall–Kier alpha value is -1.77. The highest BCUT2D eigenvalue weighted by molar-refractivity contribution is 7.89. The van der Waals surface area contributed by atoms with Crippen LogP contribution in [0.4, 0.5) is 0 Å². The standard InChI is InChI=1S/C15H20N4O3S/c1-3-18-9-14-12(11-22-2)8-19(10-15(14)17-18)23(20,21)13-5-4-6-16-7-13/h4-7,9,12H,3,8,10-11H2,1-2H3.